The Labute approximate surface area is 151 Å². The van der Waals surface area contributed by atoms with E-state index in [0.717, 1.165) is 28.4 Å². The van der Waals surface area contributed by atoms with Crippen LogP contribution in [0.5, 0.6) is 11.5 Å². The lowest BCUT2D eigenvalue weighted by Crippen LogP contribution is -2.03. The van der Waals surface area contributed by atoms with Gasteiger partial charge in [0.2, 0.25) is 0 Å². The fourth-order valence-corrected chi connectivity index (χ4v) is 4.26. The molecule has 1 aliphatic carbocycles. The van der Waals surface area contributed by atoms with E-state index in [-0.39, 0.29) is 5.75 Å². The van der Waals surface area contributed by atoms with Gasteiger partial charge in [-0.15, -0.1) is 11.3 Å². The standard InChI is InChI=1S/C21H21NO2S/c1-14-20(22-21(25-14)16-5-8-18(23)9-6-16)11-12-24-19-10-7-15-3-2-4-17(15)13-19/h5-10,13,23H,2-4,11-12H2,1H3. The molecule has 4 heteroatoms. The van der Waals surface area contributed by atoms with Crippen molar-refractivity contribution in [2.75, 3.05) is 6.61 Å². The molecule has 1 N–H and O–H groups in total. The molecule has 1 aromatic heterocycles. The Bertz CT molecular complexity index is 883. The normalized spacial score (nSPS) is 13.0. The number of hydrogen-bond acceptors (Lipinski definition) is 4. The molecule has 0 bridgehead atoms. The lowest BCUT2D eigenvalue weighted by atomic mass is 10.1. The molecule has 1 aliphatic rings. The first-order valence-electron chi connectivity index (χ1n) is 8.69. The number of aromatic hydroxyl groups is 1. The second-order valence-electron chi connectivity index (χ2n) is 6.45. The van der Waals surface area contributed by atoms with Gasteiger partial charge in [0.05, 0.1) is 12.3 Å². The highest BCUT2D eigenvalue weighted by Crippen LogP contribution is 2.29. The van der Waals surface area contributed by atoms with Crippen molar-refractivity contribution in [2.45, 2.75) is 32.6 Å². The summed E-state index contributed by atoms with van der Waals surface area (Å²) in [5.41, 5.74) is 5.05. The Morgan fingerprint density at radius 1 is 1.08 bits per heavy atom. The Morgan fingerprint density at radius 2 is 1.88 bits per heavy atom. The number of thiazole rings is 1. The fraction of sp³-hybridized carbons (Fsp3) is 0.286. The van der Waals surface area contributed by atoms with Crippen LogP contribution >= 0.6 is 11.3 Å². The van der Waals surface area contributed by atoms with E-state index in [1.807, 2.05) is 12.1 Å². The largest absolute Gasteiger partial charge is 0.508 e. The van der Waals surface area contributed by atoms with Crippen molar-refractivity contribution in [3.05, 3.63) is 64.2 Å². The van der Waals surface area contributed by atoms with Crippen LogP contribution in [-0.2, 0) is 19.3 Å². The van der Waals surface area contributed by atoms with Gasteiger partial charge in [-0.3, -0.25) is 0 Å². The first-order valence-corrected chi connectivity index (χ1v) is 9.51. The topological polar surface area (TPSA) is 42.4 Å². The highest BCUT2D eigenvalue weighted by atomic mass is 32.1. The third-order valence-corrected chi connectivity index (χ3v) is 5.75. The van der Waals surface area contributed by atoms with Crippen molar-refractivity contribution in [3.8, 4) is 22.1 Å². The molecule has 2 aromatic carbocycles. The summed E-state index contributed by atoms with van der Waals surface area (Å²) < 4.78 is 5.95. The molecule has 0 spiro atoms. The SMILES string of the molecule is Cc1sc(-c2ccc(O)cc2)nc1CCOc1ccc2c(c1)CCC2. The molecule has 25 heavy (non-hydrogen) atoms. The molecule has 0 unspecified atom stereocenters. The Balaban J connectivity index is 1.40. The number of phenolic OH excluding ortho intramolecular Hbond substituents is 1. The molecule has 0 amide bonds. The van der Waals surface area contributed by atoms with Gasteiger partial charge in [0.25, 0.3) is 0 Å². The van der Waals surface area contributed by atoms with Gasteiger partial charge in [0, 0.05) is 16.9 Å². The van der Waals surface area contributed by atoms with Crippen LogP contribution in [-0.4, -0.2) is 16.7 Å². The maximum absolute atomic E-state index is 9.41. The van der Waals surface area contributed by atoms with E-state index in [1.165, 1.54) is 35.3 Å². The molecular formula is C21H21NO2S. The average molecular weight is 351 g/mol. The summed E-state index contributed by atoms with van der Waals surface area (Å²) in [5, 5.41) is 10.4. The van der Waals surface area contributed by atoms with E-state index < -0.39 is 0 Å². The minimum atomic E-state index is 0.278. The minimum Gasteiger partial charge on any atom is -0.508 e. The highest BCUT2D eigenvalue weighted by Gasteiger charge is 2.12. The molecule has 0 aliphatic heterocycles. The van der Waals surface area contributed by atoms with Crippen molar-refractivity contribution in [3.63, 3.8) is 0 Å². The second-order valence-corrected chi connectivity index (χ2v) is 7.65. The third kappa shape index (κ3) is 3.54. The van der Waals surface area contributed by atoms with Crippen LogP contribution in [0, 0.1) is 6.92 Å². The summed E-state index contributed by atoms with van der Waals surface area (Å²) >= 11 is 1.69. The number of hydrogen-bond donors (Lipinski definition) is 1. The van der Waals surface area contributed by atoms with E-state index in [4.69, 9.17) is 9.72 Å². The maximum atomic E-state index is 9.41. The summed E-state index contributed by atoms with van der Waals surface area (Å²) in [6.45, 7) is 2.74. The number of benzene rings is 2. The Hall–Kier alpha value is -2.33. The number of nitrogens with zero attached hydrogens (tertiary/aromatic N) is 1. The van der Waals surface area contributed by atoms with Crippen LogP contribution in [0.25, 0.3) is 10.6 Å². The van der Waals surface area contributed by atoms with Crippen LogP contribution in [0.15, 0.2) is 42.5 Å². The number of ether oxygens (including phenoxy) is 1. The van der Waals surface area contributed by atoms with Crippen molar-refractivity contribution in [1.82, 2.24) is 4.98 Å². The number of aryl methyl sites for hydroxylation is 3. The predicted octanol–water partition coefficient (Wildman–Crippen LogP) is 4.93. The van der Waals surface area contributed by atoms with Crippen molar-refractivity contribution in [1.29, 1.82) is 0 Å². The number of phenols is 1. The van der Waals surface area contributed by atoms with Crippen LogP contribution in [0.2, 0.25) is 0 Å². The Morgan fingerprint density at radius 3 is 2.72 bits per heavy atom. The van der Waals surface area contributed by atoms with Gasteiger partial charge in [-0.25, -0.2) is 4.98 Å². The molecule has 0 fully saturated rings. The van der Waals surface area contributed by atoms with Gasteiger partial charge in [0.1, 0.15) is 16.5 Å². The molecule has 3 aromatic rings. The molecule has 0 radical (unpaired) electrons. The van der Waals surface area contributed by atoms with Gasteiger partial charge >= 0.3 is 0 Å². The zero-order valence-electron chi connectivity index (χ0n) is 14.3. The molecule has 0 saturated heterocycles. The Kier molecular flexibility index (Phi) is 4.45. The molecular weight excluding hydrogens is 330 g/mol. The van der Waals surface area contributed by atoms with Crippen molar-refractivity contribution in [2.24, 2.45) is 0 Å². The summed E-state index contributed by atoms with van der Waals surface area (Å²) in [7, 11) is 0. The third-order valence-electron chi connectivity index (χ3n) is 4.68. The van der Waals surface area contributed by atoms with E-state index in [0.29, 0.717) is 6.61 Å². The van der Waals surface area contributed by atoms with Gasteiger partial charge in [-0.05, 0) is 73.7 Å². The smallest absolute Gasteiger partial charge is 0.123 e. The fourth-order valence-electron chi connectivity index (χ4n) is 3.29. The van der Waals surface area contributed by atoms with Crippen LogP contribution < -0.4 is 4.74 Å². The minimum absolute atomic E-state index is 0.278. The quantitative estimate of drug-likeness (QED) is 0.708. The van der Waals surface area contributed by atoms with Gasteiger partial charge in [-0.2, -0.15) is 0 Å². The second kappa shape index (κ2) is 6.89. The first-order chi connectivity index (χ1) is 12.2. The monoisotopic (exact) mass is 351 g/mol. The molecule has 3 nitrogen and oxygen atoms in total. The highest BCUT2D eigenvalue weighted by molar-refractivity contribution is 7.15. The number of aromatic nitrogens is 1. The summed E-state index contributed by atoms with van der Waals surface area (Å²) in [6.07, 6.45) is 4.44. The maximum Gasteiger partial charge on any atom is 0.123 e. The number of fused-ring (bicyclic) bond motifs is 1. The summed E-state index contributed by atoms with van der Waals surface area (Å²) in [4.78, 5) is 5.98. The van der Waals surface area contributed by atoms with E-state index >= 15 is 0 Å². The van der Waals surface area contributed by atoms with E-state index in [9.17, 15) is 5.11 Å². The predicted molar refractivity (Wildman–Crippen MR) is 102 cm³/mol. The van der Waals surface area contributed by atoms with Gasteiger partial charge in [-0.1, -0.05) is 6.07 Å². The average Bonchev–Trinajstić information content (AvgIpc) is 3.22. The first kappa shape index (κ1) is 16.2. The lowest BCUT2D eigenvalue weighted by molar-refractivity contribution is 0.320. The zero-order valence-corrected chi connectivity index (χ0v) is 15.1. The summed E-state index contributed by atoms with van der Waals surface area (Å²) in [5.74, 6) is 1.24. The van der Waals surface area contributed by atoms with Crippen LogP contribution in [0.3, 0.4) is 0 Å². The zero-order chi connectivity index (χ0) is 17.2. The van der Waals surface area contributed by atoms with Gasteiger partial charge in [0.15, 0.2) is 0 Å². The molecule has 0 atom stereocenters. The summed E-state index contributed by atoms with van der Waals surface area (Å²) in [6, 6.07) is 13.7. The van der Waals surface area contributed by atoms with Crippen molar-refractivity contribution >= 4 is 11.3 Å². The molecule has 1 heterocycles. The molecule has 128 valence electrons. The van der Waals surface area contributed by atoms with Crippen LogP contribution in [0.1, 0.15) is 28.1 Å². The molecule has 0 saturated carbocycles. The number of rotatable bonds is 5. The van der Waals surface area contributed by atoms with E-state index in [1.54, 1.807) is 23.5 Å². The molecule has 4 rings (SSSR count). The van der Waals surface area contributed by atoms with Crippen LogP contribution in [0.4, 0.5) is 0 Å². The van der Waals surface area contributed by atoms with Gasteiger partial charge < -0.3 is 9.84 Å². The van der Waals surface area contributed by atoms with Crippen molar-refractivity contribution < 1.29 is 9.84 Å². The lowest BCUT2D eigenvalue weighted by Gasteiger charge is -2.07. The van der Waals surface area contributed by atoms with E-state index in [2.05, 4.69) is 25.1 Å².